The van der Waals surface area contributed by atoms with Crippen LogP contribution in [-0.4, -0.2) is 21.1 Å². The first kappa shape index (κ1) is 12.1. The fraction of sp³-hybridized carbons (Fsp3) is 0.250. The van der Waals surface area contributed by atoms with Crippen molar-refractivity contribution in [2.45, 2.75) is 20.8 Å². The van der Waals surface area contributed by atoms with Crippen LogP contribution >= 0.6 is 0 Å². The molecule has 0 saturated heterocycles. The summed E-state index contributed by atoms with van der Waals surface area (Å²) in [5, 5.41) is 9.25. The van der Waals surface area contributed by atoms with E-state index in [0.29, 0.717) is 16.9 Å². The number of nitrogen functional groups attached to an aromatic ring is 1. The Bertz CT molecular complexity index is 583. The van der Waals surface area contributed by atoms with Crippen LogP contribution < -0.4 is 11.1 Å². The Morgan fingerprint density at radius 3 is 2.61 bits per heavy atom. The van der Waals surface area contributed by atoms with E-state index in [2.05, 4.69) is 20.5 Å². The molecule has 0 atom stereocenters. The molecule has 0 saturated carbocycles. The lowest BCUT2D eigenvalue weighted by Crippen LogP contribution is -2.15. The summed E-state index contributed by atoms with van der Waals surface area (Å²) in [6.45, 7) is 5.49. The van der Waals surface area contributed by atoms with Crippen molar-refractivity contribution in [3.05, 3.63) is 34.8 Å². The van der Waals surface area contributed by atoms with Crippen molar-refractivity contribution in [3.8, 4) is 0 Å². The first-order valence-electron chi connectivity index (χ1n) is 5.55. The predicted octanol–water partition coefficient (Wildman–Crippen LogP) is 1.56. The minimum absolute atomic E-state index is 0.197. The molecule has 2 aromatic heterocycles. The summed E-state index contributed by atoms with van der Waals surface area (Å²) in [5.74, 6) is -0.0878. The highest BCUT2D eigenvalue weighted by Gasteiger charge is 2.16. The number of carbonyl (C=O) groups excluding carboxylic acids is 1. The van der Waals surface area contributed by atoms with E-state index in [1.54, 1.807) is 6.92 Å². The van der Waals surface area contributed by atoms with Crippen LogP contribution in [0.3, 0.4) is 0 Å². The molecule has 0 aliphatic heterocycles. The second-order valence-corrected chi connectivity index (χ2v) is 4.15. The highest BCUT2D eigenvalue weighted by molar-refractivity contribution is 6.08. The maximum Gasteiger partial charge on any atom is 0.261 e. The number of nitrogens with two attached hydrogens (primary N) is 1. The number of hydrogen-bond donors (Lipinski definition) is 3. The van der Waals surface area contributed by atoms with Crippen molar-refractivity contribution in [2.75, 3.05) is 11.1 Å². The minimum atomic E-state index is -0.285. The number of nitrogens with zero attached hydrogens (tertiary/aromatic N) is 2. The lowest BCUT2D eigenvalue weighted by molar-refractivity contribution is 0.102. The first-order chi connectivity index (χ1) is 8.49. The van der Waals surface area contributed by atoms with Crippen molar-refractivity contribution in [3.63, 3.8) is 0 Å². The number of aromatic nitrogens is 3. The van der Waals surface area contributed by atoms with Gasteiger partial charge in [0, 0.05) is 11.4 Å². The van der Waals surface area contributed by atoms with Crippen molar-refractivity contribution >= 4 is 17.4 Å². The van der Waals surface area contributed by atoms with Gasteiger partial charge in [0.05, 0.1) is 11.4 Å². The lowest BCUT2D eigenvalue weighted by atomic mass is 10.2. The standard InChI is InChI=1S/C12H15N5O/c1-6-4-5-9(7(2)14-6)15-12(18)10-8(3)16-17-11(10)13/h4-5H,1-3H3,(H,15,18)(H3,13,16,17). The Morgan fingerprint density at radius 1 is 1.33 bits per heavy atom. The number of carbonyl (C=O) groups is 1. The van der Waals surface area contributed by atoms with Gasteiger partial charge >= 0.3 is 0 Å². The van der Waals surface area contributed by atoms with Crippen LogP contribution in [0.4, 0.5) is 11.5 Å². The second-order valence-electron chi connectivity index (χ2n) is 4.15. The van der Waals surface area contributed by atoms with Gasteiger partial charge in [-0.15, -0.1) is 0 Å². The van der Waals surface area contributed by atoms with Crippen LogP contribution in [-0.2, 0) is 0 Å². The average molecular weight is 245 g/mol. The first-order valence-corrected chi connectivity index (χ1v) is 5.55. The normalized spacial score (nSPS) is 10.4. The van der Waals surface area contributed by atoms with Crippen LogP contribution in [0.25, 0.3) is 0 Å². The van der Waals surface area contributed by atoms with Crippen LogP contribution in [0.2, 0.25) is 0 Å². The summed E-state index contributed by atoms with van der Waals surface area (Å²) < 4.78 is 0. The van der Waals surface area contributed by atoms with E-state index >= 15 is 0 Å². The molecule has 0 bridgehead atoms. The van der Waals surface area contributed by atoms with Gasteiger partial charge < -0.3 is 11.1 Å². The van der Waals surface area contributed by atoms with Gasteiger partial charge in [-0.05, 0) is 32.9 Å². The fourth-order valence-corrected chi connectivity index (χ4v) is 1.74. The molecule has 0 aromatic carbocycles. The monoisotopic (exact) mass is 245 g/mol. The molecule has 0 fully saturated rings. The van der Waals surface area contributed by atoms with Gasteiger partial charge in [0.1, 0.15) is 5.56 Å². The Hall–Kier alpha value is -2.37. The molecule has 6 heteroatoms. The van der Waals surface area contributed by atoms with Crippen molar-refractivity contribution in [1.82, 2.24) is 15.2 Å². The summed E-state index contributed by atoms with van der Waals surface area (Å²) in [4.78, 5) is 16.4. The number of H-pyrrole nitrogens is 1. The van der Waals surface area contributed by atoms with E-state index in [1.165, 1.54) is 0 Å². The molecule has 2 aromatic rings. The molecule has 0 spiro atoms. The number of nitrogens with one attached hydrogen (secondary N) is 2. The van der Waals surface area contributed by atoms with Gasteiger partial charge in [0.25, 0.3) is 5.91 Å². The summed E-state index contributed by atoms with van der Waals surface area (Å²) in [6, 6.07) is 3.66. The zero-order valence-corrected chi connectivity index (χ0v) is 10.5. The maximum absolute atomic E-state index is 12.1. The quantitative estimate of drug-likeness (QED) is 0.748. The van der Waals surface area contributed by atoms with Crippen LogP contribution in [0.5, 0.6) is 0 Å². The molecule has 94 valence electrons. The second kappa shape index (κ2) is 4.48. The van der Waals surface area contributed by atoms with Gasteiger partial charge in [-0.25, -0.2) is 0 Å². The van der Waals surface area contributed by atoms with Gasteiger partial charge in [-0.1, -0.05) is 0 Å². The molecular weight excluding hydrogens is 230 g/mol. The van der Waals surface area contributed by atoms with Crippen LogP contribution in [0, 0.1) is 20.8 Å². The van der Waals surface area contributed by atoms with Crippen molar-refractivity contribution in [1.29, 1.82) is 0 Å². The Kier molecular flexibility index (Phi) is 3.01. The molecule has 18 heavy (non-hydrogen) atoms. The number of rotatable bonds is 2. The molecule has 2 rings (SSSR count). The number of hydrogen-bond acceptors (Lipinski definition) is 4. The van der Waals surface area contributed by atoms with Gasteiger partial charge in [-0.2, -0.15) is 5.10 Å². The fourth-order valence-electron chi connectivity index (χ4n) is 1.74. The van der Waals surface area contributed by atoms with E-state index in [-0.39, 0.29) is 11.7 Å². The third kappa shape index (κ3) is 2.17. The Morgan fingerprint density at radius 2 is 2.06 bits per heavy atom. The van der Waals surface area contributed by atoms with E-state index in [0.717, 1.165) is 11.4 Å². The molecular formula is C12H15N5O. The summed E-state index contributed by atoms with van der Waals surface area (Å²) in [5.41, 5.74) is 9.00. The van der Waals surface area contributed by atoms with Gasteiger partial charge in [0.2, 0.25) is 0 Å². The highest BCUT2D eigenvalue weighted by atomic mass is 16.1. The maximum atomic E-state index is 12.1. The summed E-state index contributed by atoms with van der Waals surface area (Å²) >= 11 is 0. The highest BCUT2D eigenvalue weighted by Crippen LogP contribution is 2.17. The van der Waals surface area contributed by atoms with E-state index in [1.807, 2.05) is 26.0 Å². The topological polar surface area (TPSA) is 96.7 Å². The molecule has 6 nitrogen and oxygen atoms in total. The molecule has 0 unspecified atom stereocenters. The van der Waals surface area contributed by atoms with E-state index in [4.69, 9.17) is 5.73 Å². The van der Waals surface area contributed by atoms with Gasteiger partial charge in [0.15, 0.2) is 5.82 Å². The number of aromatic amines is 1. The zero-order valence-electron chi connectivity index (χ0n) is 10.5. The molecule has 0 aliphatic carbocycles. The number of pyridine rings is 1. The summed E-state index contributed by atoms with van der Waals surface area (Å²) in [7, 11) is 0. The lowest BCUT2D eigenvalue weighted by Gasteiger charge is -2.08. The molecule has 4 N–H and O–H groups in total. The predicted molar refractivity (Wildman–Crippen MR) is 69.4 cm³/mol. The van der Waals surface area contributed by atoms with Crippen molar-refractivity contribution < 1.29 is 4.79 Å². The average Bonchev–Trinajstić information content (AvgIpc) is 2.62. The number of anilines is 2. The largest absolute Gasteiger partial charge is 0.382 e. The molecule has 2 heterocycles. The Balaban J connectivity index is 2.27. The van der Waals surface area contributed by atoms with E-state index < -0.39 is 0 Å². The Labute approximate surface area is 105 Å². The molecule has 0 radical (unpaired) electrons. The number of aryl methyl sites for hydroxylation is 3. The number of amides is 1. The third-order valence-corrected chi connectivity index (χ3v) is 2.68. The van der Waals surface area contributed by atoms with Crippen molar-refractivity contribution in [2.24, 2.45) is 0 Å². The van der Waals surface area contributed by atoms with Crippen LogP contribution in [0.15, 0.2) is 12.1 Å². The van der Waals surface area contributed by atoms with E-state index in [9.17, 15) is 4.79 Å². The zero-order chi connectivity index (χ0) is 13.3. The molecule has 0 aliphatic rings. The van der Waals surface area contributed by atoms with Gasteiger partial charge in [-0.3, -0.25) is 14.9 Å². The third-order valence-electron chi connectivity index (χ3n) is 2.68. The smallest absolute Gasteiger partial charge is 0.261 e. The molecule has 1 amide bonds. The SMILES string of the molecule is Cc1ccc(NC(=O)c2c(N)n[nH]c2C)c(C)n1. The summed E-state index contributed by atoms with van der Waals surface area (Å²) in [6.07, 6.45) is 0. The minimum Gasteiger partial charge on any atom is -0.382 e. The van der Waals surface area contributed by atoms with Crippen LogP contribution in [0.1, 0.15) is 27.4 Å².